The first-order valence-corrected chi connectivity index (χ1v) is 12.6. The standard InChI is InChI=1S/C25H51NO2.Na/c1-3-4-5-6-7-8-9-10-11-12-13-14-15-16-17-18-19-20-21-22-23-26-24(2)25(27)28;/h24,26H,3-23H2,1-2H3,(H,27,28);/q;+1/p-1. The van der Waals surface area contributed by atoms with Gasteiger partial charge in [0.2, 0.25) is 0 Å². The molecule has 0 fully saturated rings. The Hall–Kier alpha value is 0.430. The maximum Gasteiger partial charge on any atom is 1.00 e. The van der Waals surface area contributed by atoms with Gasteiger partial charge in [0.05, 0.1) is 5.97 Å². The summed E-state index contributed by atoms with van der Waals surface area (Å²) in [4.78, 5) is 10.6. The molecule has 0 aromatic rings. The Morgan fingerprint density at radius 1 is 0.621 bits per heavy atom. The van der Waals surface area contributed by atoms with Crippen LogP contribution >= 0.6 is 0 Å². The third kappa shape index (κ3) is 26.4. The van der Waals surface area contributed by atoms with Crippen molar-refractivity contribution in [3.63, 3.8) is 0 Å². The maximum absolute atomic E-state index is 10.6. The van der Waals surface area contributed by atoms with Gasteiger partial charge in [-0.25, -0.2) is 0 Å². The predicted molar refractivity (Wildman–Crippen MR) is 120 cm³/mol. The van der Waals surface area contributed by atoms with E-state index in [1.165, 1.54) is 122 Å². The number of hydrogen-bond donors (Lipinski definition) is 1. The molecule has 0 rings (SSSR count). The van der Waals surface area contributed by atoms with Crippen LogP contribution in [0, 0.1) is 0 Å². The number of hydrogen-bond acceptors (Lipinski definition) is 3. The Balaban J connectivity index is 0. The quantitative estimate of drug-likeness (QED) is 0.204. The molecule has 0 aliphatic rings. The zero-order chi connectivity index (χ0) is 20.7. The summed E-state index contributed by atoms with van der Waals surface area (Å²) in [6.45, 7) is 4.72. The molecule has 0 heterocycles. The fourth-order valence-corrected chi connectivity index (χ4v) is 3.78. The molecule has 0 aliphatic heterocycles. The second-order valence-corrected chi connectivity index (χ2v) is 8.71. The molecule has 0 aliphatic carbocycles. The van der Waals surface area contributed by atoms with Gasteiger partial charge in [0.15, 0.2) is 0 Å². The van der Waals surface area contributed by atoms with Gasteiger partial charge in [-0.3, -0.25) is 0 Å². The van der Waals surface area contributed by atoms with E-state index in [4.69, 9.17) is 0 Å². The van der Waals surface area contributed by atoms with Crippen molar-refractivity contribution in [1.29, 1.82) is 0 Å². The molecule has 0 saturated heterocycles. The van der Waals surface area contributed by atoms with Crippen molar-refractivity contribution in [1.82, 2.24) is 5.32 Å². The summed E-state index contributed by atoms with van der Waals surface area (Å²) in [5.74, 6) is -1.01. The number of carbonyl (C=O) groups excluding carboxylic acids is 1. The molecular formula is C25H50NNaO2. The van der Waals surface area contributed by atoms with Crippen LogP contribution in [0.5, 0.6) is 0 Å². The van der Waals surface area contributed by atoms with Gasteiger partial charge in [-0.05, 0) is 19.9 Å². The number of aliphatic carboxylic acids is 1. The Morgan fingerprint density at radius 3 is 1.17 bits per heavy atom. The van der Waals surface area contributed by atoms with Gasteiger partial charge in [-0.1, -0.05) is 129 Å². The van der Waals surface area contributed by atoms with Gasteiger partial charge < -0.3 is 15.2 Å². The summed E-state index contributed by atoms with van der Waals surface area (Å²) in [5, 5.41) is 13.5. The van der Waals surface area contributed by atoms with Crippen molar-refractivity contribution in [2.75, 3.05) is 6.54 Å². The van der Waals surface area contributed by atoms with Crippen LogP contribution in [0.3, 0.4) is 0 Å². The van der Waals surface area contributed by atoms with Crippen molar-refractivity contribution >= 4 is 5.97 Å². The topological polar surface area (TPSA) is 52.2 Å². The Kier molecular flexibility index (Phi) is 28.9. The van der Waals surface area contributed by atoms with Crippen molar-refractivity contribution < 1.29 is 39.5 Å². The zero-order valence-electron chi connectivity index (χ0n) is 20.2. The van der Waals surface area contributed by atoms with Crippen LogP contribution in [0.4, 0.5) is 0 Å². The molecule has 168 valence electrons. The van der Waals surface area contributed by atoms with Crippen LogP contribution in [-0.2, 0) is 4.79 Å². The minimum Gasteiger partial charge on any atom is -0.548 e. The predicted octanol–water partition coefficient (Wildman–Crippen LogP) is 3.54. The molecule has 0 radical (unpaired) electrons. The van der Waals surface area contributed by atoms with E-state index in [1.54, 1.807) is 6.92 Å². The van der Waals surface area contributed by atoms with Crippen molar-refractivity contribution in [3.05, 3.63) is 0 Å². The van der Waals surface area contributed by atoms with E-state index in [1.807, 2.05) is 0 Å². The van der Waals surface area contributed by atoms with E-state index in [2.05, 4.69) is 12.2 Å². The van der Waals surface area contributed by atoms with Crippen molar-refractivity contribution in [3.8, 4) is 0 Å². The smallest absolute Gasteiger partial charge is 0.548 e. The van der Waals surface area contributed by atoms with Crippen LogP contribution in [0.25, 0.3) is 0 Å². The summed E-state index contributed by atoms with van der Waals surface area (Å²) in [5.41, 5.74) is 0. The molecule has 1 N–H and O–H groups in total. The summed E-state index contributed by atoms with van der Waals surface area (Å²) in [6.07, 6.45) is 27.7. The molecule has 3 nitrogen and oxygen atoms in total. The van der Waals surface area contributed by atoms with E-state index in [0.717, 1.165) is 13.0 Å². The molecule has 0 aromatic heterocycles. The van der Waals surface area contributed by atoms with Crippen LogP contribution in [-0.4, -0.2) is 18.6 Å². The van der Waals surface area contributed by atoms with E-state index in [0.29, 0.717) is 0 Å². The number of rotatable bonds is 23. The Labute approximate surface area is 204 Å². The summed E-state index contributed by atoms with van der Waals surface area (Å²) >= 11 is 0. The molecule has 0 spiro atoms. The van der Waals surface area contributed by atoms with Gasteiger partial charge in [0.25, 0.3) is 0 Å². The molecule has 0 amide bonds. The third-order valence-corrected chi connectivity index (χ3v) is 5.83. The van der Waals surface area contributed by atoms with Crippen LogP contribution in [0.15, 0.2) is 0 Å². The van der Waals surface area contributed by atoms with Crippen molar-refractivity contribution in [2.45, 2.75) is 148 Å². The summed E-state index contributed by atoms with van der Waals surface area (Å²) in [7, 11) is 0. The van der Waals surface area contributed by atoms with Crippen molar-refractivity contribution in [2.24, 2.45) is 0 Å². The van der Waals surface area contributed by atoms with Crippen LogP contribution in [0.1, 0.15) is 142 Å². The number of carboxylic acids is 1. The minimum absolute atomic E-state index is 0. The second-order valence-electron chi connectivity index (χ2n) is 8.71. The average molecular weight is 420 g/mol. The number of nitrogens with one attached hydrogen (secondary N) is 1. The molecule has 4 heteroatoms. The maximum atomic E-state index is 10.6. The first-order valence-electron chi connectivity index (χ1n) is 12.6. The Morgan fingerprint density at radius 2 is 0.897 bits per heavy atom. The molecule has 0 bridgehead atoms. The Bertz CT molecular complexity index is 326. The number of carbonyl (C=O) groups is 1. The fourth-order valence-electron chi connectivity index (χ4n) is 3.78. The van der Waals surface area contributed by atoms with Crippen LogP contribution in [0.2, 0.25) is 0 Å². The van der Waals surface area contributed by atoms with E-state index in [9.17, 15) is 9.90 Å². The molecule has 29 heavy (non-hydrogen) atoms. The van der Waals surface area contributed by atoms with E-state index >= 15 is 0 Å². The largest absolute Gasteiger partial charge is 1.00 e. The van der Waals surface area contributed by atoms with Gasteiger partial charge in [-0.15, -0.1) is 0 Å². The summed E-state index contributed by atoms with van der Waals surface area (Å²) < 4.78 is 0. The van der Waals surface area contributed by atoms with E-state index < -0.39 is 12.0 Å². The SMILES string of the molecule is CCCCCCCCCCCCCCCCCCCCCCNC(C)C(=O)[O-].[Na+]. The molecule has 1 atom stereocenters. The van der Waals surface area contributed by atoms with Crippen LogP contribution < -0.4 is 40.0 Å². The van der Waals surface area contributed by atoms with E-state index in [-0.39, 0.29) is 29.6 Å². The average Bonchev–Trinajstić information content (AvgIpc) is 2.68. The fraction of sp³-hybridized carbons (Fsp3) is 0.960. The van der Waals surface area contributed by atoms with Gasteiger partial charge >= 0.3 is 29.6 Å². The first kappa shape index (κ1) is 31.6. The first-order chi connectivity index (χ1) is 13.7. The zero-order valence-corrected chi connectivity index (χ0v) is 22.2. The number of unbranched alkanes of at least 4 members (excludes halogenated alkanes) is 19. The third-order valence-electron chi connectivity index (χ3n) is 5.83. The molecule has 0 saturated carbocycles. The normalized spacial score (nSPS) is 11.9. The van der Waals surface area contributed by atoms with Gasteiger partial charge in [0, 0.05) is 6.04 Å². The minimum atomic E-state index is -1.01. The summed E-state index contributed by atoms with van der Waals surface area (Å²) in [6, 6.07) is -0.527. The monoisotopic (exact) mass is 419 g/mol. The van der Waals surface area contributed by atoms with Gasteiger partial charge in [-0.2, -0.15) is 0 Å². The van der Waals surface area contributed by atoms with Gasteiger partial charge in [0.1, 0.15) is 0 Å². The molecule has 0 aromatic carbocycles. The molecular weight excluding hydrogens is 369 g/mol. The number of carboxylic acid groups (broad SMARTS) is 1. The second kappa shape index (κ2) is 26.5. The molecule has 1 unspecified atom stereocenters.